The van der Waals surface area contributed by atoms with Crippen molar-refractivity contribution < 1.29 is 10.2 Å². The molecule has 0 aliphatic heterocycles. The highest BCUT2D eigenvalue weighted by molar-refractivity contribution is 5.40. The van der Waals surface area contributed by atoms with Crippen molar-refractivity contribution in [3.05, 3.63) is 41.2 Å². The van der Waals surface area contributed by atoms with Gasteiger partial charge in [-0.25, -0.2) is 0 Å². The van der Waals surface area contributed by atoms with Crippen molar-refractivity contribution in [3.8, 4) is 11.5 Å². The van der Waals surface area contributed by atoms with Gasteiger partial charge in [0.15, 0.2) is 11.5 Å². The van der Waals surface area contributed by atoms with E-state index in [1.165, 1.54) is 17.3 Å². The summed E-state index contributed by atoms with van der Waals surface area (Å²) in [6, 6.07) is 5.23. The number of benzene rings is 1. The van der Waals surface area contributed by atoms with E-state index < -0.39 is 0 Å². The standard InChI is InChI=1S/C15H19N3O2/c1-18-13-4-2-3-12(11(13)9-17-18)16-8-10-5-6-14(19)15(20)7-10/h5-7,9,12,16,19-20H,2-4,8H2,1H3. The highest BCUT2D eigenvalue weighted by Crippen LogP contribution is 2.30. The number of phenolic OH excluding ortho intramolecular Hbond substituents is 2. The van der Waals surface area contributed by atoms with Crippen LogP contribution in [0.1, 0.15) is 35.7 Å². The molecule has 0 radical (unpaired) electrons. The zero-order valence-corrected chi connectivity index (χ0v) is 11.5. The Morgan fingerprint density at radius 2 is 2.20 bits per heavy atom. The second-order valence-corrected chi connectivity index (χ2v) is 5.32. The van der Waals surface area contributed by atoms with E-state index >= 15 is 0 Å². The molecule has 3 N–H and O–H groups in total. The average molecular weight is 273 g/mol. The number of aromatic nitrogens is 2. The van der Waals surface area contributed by atoms with Crippen molar-refractivity contribution in [2.75, 3.05) is 0 Å². The van der Waals surface area contributed by atoms with Gasteiger partial charge < -0.3 is 15.5 Å². The quantitative estimate of drug-likeness (QED) is 0.748. The number of hydrogen-bond acceptors (Lipinski definition) is 4. The lowest BCUT2D eigenvalue weighted by Crippen LogP contribution is -2.24. The Balaban J connectivity index is 1.71. The molecule has 1 aromatic heterocycles. The number of hydrogen-bond donors (Lipinski definition) is 3. The molecule has 1 heterocycles. The molecule has 106 valence electrons. The third-order valence-electron chi connectivity index (χ3n) is 3.97. The lowest BCUT2D eigenvalue weighted by atomic mass is 9.93. The van der Waals surface area contributed by atoms with E-state index in [0.29, 0.717) is 12.6 Å². The summed E-state index contributed by atoms with van der Waals surface area (Å²) in [5, 5.41) is 26.7. The number of aromatic hydroxyl groups is 2. The van der Waals surface area contributed by atoms with Crippen LogP contribution in [0, 0.1) is 0 Å². The van der Waals surface area contributed by atoms with Gasteiger partial charge in [-0.1, -0.05) is 6.07 Å². The Bertz CT molecular complexity index is 622. The third-order valence-corrected chi connectivity index (χ3v) is 3.97. The molecule has 1 atom stereocenters. The summed E-state index contributed by atoms with van der Waals surface area (Å²) in [4.78, 5) is 0. The molecule has 5 heteroatoms. The first-order valence-electron chi connectivity index (χ1n) is 6.90. The van der Waals surface area contributed by atoms with Crippen LogP contribution in [-0.4, -0.2) is 20.0 Å². The number of phenols is 2. The fourth-order valence-electron chi connectivity index (χ4n) is 2.84. The van der Waals surface area contributed by atoms with Crippen LogP contribution in [0.3, 0.4) is 0 Å². The van der Waals surface area contributed by atoms with E-state index in [9.17, 15) is 10.2 Å². The number of nitrogens with zero attached hydrogens (tertiary/aromatic N) is 2. The maximum Gasteiger partial charge on any atom is 0.157 e. The van der Waals surface area contributed by atoms with Crippen molar-refractivity contribution in [1.82, 2.24) is 15.1 Å². The number of rotatable bonds is 3. The van der Waals surface area contributed by atoms with Gasteiger partial charge in [0.25, 0.3) is 0 Å². The van der Waals surface area contributed by atoms with Crippen molar-refractivity contribution >= 4 is 0 Å². The van der Waals surface area contributed by atoms with Crippen molar-refractivity contribution in [3.63, 3.8) is 0 Å². The van der Waals surface area contributed by atoms with Crippen LogP contribution in [-0.2, 0) is 20.0 Å². The molecule has 0 amide bonds. The molecule has 0 fully saturated rings. The van der Waals surface area contributed by atoms with Gasteiger partial charge in [-0.3, -0.25) is 4.68 Å². The van der Waals surface area contributed by atoms with E-state index in [0.717, 1.165) is 24.8 Å². The molecule has 0 bridgehead atoms. The SMILES string of the molecule is Cn1ncc2c1CCCC2NCc1ccc(O)c(O)c1. The predicted octanol–water partition coefficient (Wildman–Crippen LogP) is 2.00. The maximum absolute atomic E-state index is 9.51. The first kappa shape index (κ1) is 13.0. The van der Waals surface area contributed by atoms with Gasteiger partial charge in [0.05, 0.1) is 6.20 Å². The van der Waals surface area contributed by atoms with Gasteiger partial charge in [-0.15, -0.1) is 0 Å². The molecule has 20 heavy (non-hydrogen) atoms. The highest BCUT2D eigenvalue weighted by atomic mass is 16.3. The van der Waals surface area contributed by atoms with Gasteiger partial charge in [0, 0.05) is 30.9 Å². The molecular formula is C15H19N3O2. The van der Waals surface area contributed by atoms with Gasteiger partial charge in [0.1, 0.15) is 0 Å². The van der Waals surface area contributed by atoms with E-state index in [1.807, 2.05) is 24.0 Å². The van der Waals surface area contributed by atoms with Crippen LogP contribution in [0.2, 0.25) is 0 Å². The molecule has 0 saturated heterocycles. The van der Waals surface area contributed by atoms with Crippen molar-refractivity contribution in [2.24, 2.45) is 7.05 Å². The highest BCUT2D eigenvalue weighted by Gasteiger charge is 2.22. The minimum absolute atomic E-state index is 0.0741. The van der Waals surface area contributed by atoms with Gasteiger partial charge in [-0.2, -0.15) is 5.10 Å². The van der Waals surface area contributed by atoms with Crippen LogP contribution < -0.4 is 5.32 Å². The monoisotopic (exact) mass is 273 g/mol. The van der Waals surface area contributed by atoms with Crippen LogP contribution in [0.5, 0.6) is 11.5 Å². The summed E-state index contributed by atoms with van der Waals surface area (Å²) >= 11 is 0. The molecular weight excluding hydrogens is 254 g/mol. The Morgan fingerprint density at radius 1 is 1.35 bits per heavy atom. The largest absolute Gasteiger partial charge is 0.504 e. The summed E-state index contributed by atoms with van der Waals surface area (Å²) in [6.07, 6.45) is 5.29. The summed E-state index contributed by atoms with van der Waals surface area (Å²) in [5.41, 5.74) is 3.54. The van der Waals surface area contributed by atoms with E-state index in [1.54, 1.807) is 6.07 Å². The van der Waals surface area contributed by atoms with Crippen LogP contribution in [0.25, 0.3) is 0 Å². The molecule has 2 aromatic rings. The van der Waals surface area contributed by atoms with Crippen LogP contribution in [0.15, 0.2) is 24.4 Å². The average Bonchev–Trinajstić information content (AvgIpc) is 2.83. The minimum Gasteiger partial charge on any atom is -0.504 e. The molecule has 1 aliphatic rings. The first-order chi connectivity index (χ1) is 9.65. The number of fused-ring (bicyclic) bond motifs is 1. The Labute approximate surface area is 117 Å². The first-order valence-corrected chi connectivity index (χ1v) is 6.90. The fraction of sp³-hybridized carbons (Fsp3) is 0.400. The fourth-order valence-corrected chi connectivity index (χ4v) is 2.84. The maximum atomic E-state index is 9.51. The second kappa shape index (κ2) is 5.17. The molecule has 0 spiro atoms. The molecule has 1 aliphatic carbocycles. The summed E-state index contributed by atoms with van der Waals surface area (Å²) in [5.74, 6) is -0.157. The zero-order valence-electron chi connectivity index (χ0n) is 11.5. The predicted molar refractivity (Wildman–Crippen MR) is 75.5 cm³/mol. The van der Waals surface area contributed by atoms with E-state index in [-0.39, 0.29) is 11.5 Å². The zero-order chi connectivity index (χ0) is 14.1. The topological polar surface area (TPSA) is 70.3 Å². The molecule has 1 aromatic carbocycles. The Morgan fingerprint density at radius 3 is 3.00 bits per heavy atom. The summed E-state index contributed by atoms with van der Waals surface area (Å²) in [7, 11) is 1.99. The minimum atomic E-state index is -0.0824. The third kappa shape index (κ3) is 2.36. The molecule has 0 saturated carbocycles. The van der Waals surface area contributed by atoms with E-state index in [4.69, 9.17) is 0 Å². The number of nitrogens with one attached hydrogen (secondary N) is 1. The second-order valence-electron chi connectivity index (χ2n) is 5.32. The van der Waals surface area contributed by atoms with Gasteiger partial charge in [0.2, 0.25) is 0 Å². The van der Waals surface area contributed by atoms with Crippen LogP contribution in [0.4, 0.5) is 0 Å². The van der Waals surface area contributed by atoms with Crippen LogP contribution >= 0.6 is 0 Å². The summed E-state index contributed by atoms with van der Waals surface area (Å²) < 4.78 is 1.95. The van der Waals surface area contributed by atoms with E-state index in [2.05, 4.69) is 10.4 Å². The smallest absolute Gasteiger partial charge is 0.157 e. The summed E-state index contributed by atoms with van der Waals surface area (Å²) in [6.45, 7) is 0.660. The van der Waals surface area contributed by atoms with Gasteiger partial charge >= 0.3 is 0 Å². The lowest BCUT2D eigenvalue weighted by Gasteiger charge is -2.24. The molecule has 3 rings (SSSR count). The Kier molecular flexibility index (Phi) is 3.36. The Hall–Kier alpha value is -2.01. The van der Waals surface area contributed by atoms with Gasteiger partial charge in [-0.05, 0) is 37.0 Å². The normalized spacial score (nSPS) is 17.9. The lowest BCUT2D eigenvalue weighted by molar-refractivity contribution is 0.402. The molecule has 5 nitrogen and oxygen atoms in total. The number of aryl methyl sites for hydroxylation is 1. The van der Waals surface area contributed by atoms with Crippen molar-refractivity contribution in [2.45, 2.75) is 31.8 Å². The molecule has 1 unspecified atom stereocenters. The van der Waals surface area contributed by atoms with Crippen molar-refractivity contribution in [1.29, 1.82) is 0 Å².